The monoisotopic (exact) mass is 258 g/mol. The minimum Gasteiger partial charge on any atom is -0.508 e. The standard InChI is InChI=1S/C15H14O4/c16-13-7-3-2-6-11(13)12-9-10-5-1-4-8-14(10)19-15(12,17)18/h1-8,12,16-18H,9H2. The van der Waals surface area contributed by atoms with Gasteiger partial charge in [-0.25, -0.2) is 0 Å². The van der Waals surface area contributed by atoms with Crippen LogP contribution in [0.5, 0.6) is 11.5 Å². The first-order valence-corrected chi connectivity index (χ1v) is 6.07. The molecular weight excluding hydrogens is 244 g/mol. The SMILES string of the molecule is Oc1ccccc1C1Cc2ccccc2OC1(O)O. The third-order valence-corrected chi connectivity index (χ3v) is 3.42. The molecule has 1 atom stereocenters. The van der Waals surface area contributed by atoms with Gasteiger partial charge in [0.25, 0.3) is 0 Å². The van der Waals surface area contributed by atoms with Gasteiger partial charge in [0.05, 0.1) is 5.92 Å². The first-order valence-electron chi connectivity index (χ1n) is 6.07. The van der Waals surface area contributed by atoms with Gasteiger partial charge in [-0.1, -0.05) is 36.4 Å². The fourth-order valence-corrected chi connectivity index (χ4v) is 2.45. The van der Waals surface area contributed by atoms with E-state index in [1.165, 1.54) is 6.07 Å². The Labute approximate surface area is 110 Å². The smallest absolute Gasteiger partial charge is 0.329 e. The Morgan fingerprint density at radius 3 is 2.47 bits per heavy atom. The van der Waals surface area contributed by atoms with Gasteiger partial charge in [0.1, 0.15) is 11.5 Å². The van der Waals surface area contributed by atoms with Gasteiger partial charge in [-0.3, -0.25) is 0 Å². The van der Waals surface area contributed by atoms with Crippen LogP contribution in [0.15, 0.2) is 48.5 Å². The second-order valence-electron chi connectivity index (χ2n) is 4.68. The van der Waals surface area contributed by atoms with Crippen LogP contribution >= 0.6 is 0 Å². The van der Waals surface area contributed by atoms with Crippen LogP contribution < -0.4 is 4.74 Å². The summed E-state index contributed by atoms with van der Waals surface area (Å²) in [6.07, 6.45) is 0.390. The van der Waals surface area contributed by atoms with E-state index in [4.69, 9.17) is 4.74 Å². The van der Waals surface area contributed by atoms with Crippen molar-refractivity contribution in [2.24, 2.45) is 0 Å². The number of phenolic OH excluding ortho intramolecular Hbond substituents is 1. The Kier molecular flexibility index (Phi) is 2.69. The van der Waals surface area contributed by atoms with Gasteiger partial charge in [0.15, 0.2) is 0 Å². The fourth-order valence-electron chi connectivity index (χ4n) is 2.45. The molecule has 0 spiro atoms. The summed E-state index contributed by atoms with van der Waals surface area (Å²) < 4.78 is 5.24. The maximum Gasteiger partial charge on any atom is 0.329 e. The van der Waals surface area contributed by atoms with Crippen LogP contribution in [0.2, 0.25) is 0 Å². The van der Waals surface area contributed by atoms with Crippen molar-refractivity contribution in [2.75, 3.05) is 0 Å². The van der Waals surface area contributed by atoms with Crippen LogP contribution in [0.3, 0.4) is 0 Å². The number of fused-ring (bicyclic) bond motifs is 1. The van der Waals surface area contributed by atoms with Crippen molar-refractivity contribution in [2.45, 2.75) is 18.3 Å². The lowest BCUT2D eigenvalue weighted by Crippen LogP contribution is -2.45. The van der Waals surface area contributed by atoms with Gasteiger partial charge < -0.3 is 20.1 Å². The third kappa shape index (κ3) is 2.05. The van der Waals surface area contributed by atoms with E-state index in [2.05, 4.69) is 0 Å². The highest BCUT2D eigenvalue weighted by molar-refractivity contribution is 5.42. The number of benzene rings is 2. The molecule has 0 aliphatic carbocycles. The highest BCUT2D eigenvalue weighted by atomic mass is 16.8. The van der Waals surface area contributed by atoms with E-state index in [-0.39, 0.29) is 5.75 Å². The Hall–Kier alpha value is -2.04. The Morgan fingerprint density at radius 2 is 1.68 bits per heavy atom. The second-order valence-corrected chi connectivity index (χ2v) is 4.68. The summed E-state index contributed by atoms with van der Waals surface area (Å²) in [6, 6.07) is 13.8. The topological polar surface area (TPSA) is 69.9 Å². The molecule has 3 N–H and O–H groups in total. The molecule has 0 aromatic heterocycles. The van der Waals surface area contributed by atoms with Gasteiger partial charge in [0, 0.05) is 5.56 Å². The minimum absolute atomic E-state index is 0.0305. The second kappa shape index (κ2) is 4.26. The summed E-state index contributed by atoms with van der Waals surface area (Å²) in [6.45, 7) is 0. The molecule has 0 radical (unpaired) electrons. The molecule has 1 aliphatic heterocycles. The number of aromatic hydroxyl groups is 1. The molecule has 4 heteroatoms. The number of aliphatic hydroxyl groups is 2. The van der Waals surface area contributed by atoms with E-state index < -0.39 is 11.9 Å². The first kappa shape index (κ1) is 12.0. The number of ether oxygens (including phenoxy) is 1. The van der Waals surface area contributed by atoms with Gasteiger partial charge in [-0.05, 0) is 24.1 Å². The molecule has 2 aromatic carbocycles. The highest BCUT2D eigenvalue weighted by Crippen LogP contribution is 2.42. The predicted octanol–water partition coefficient (Wildman–Crippen LogP) is 1.75. The minimum atomic E-state index is -2.33. The number of rotatable bonds is 1. The van der Waals surface area contributed by atoms with E-state index in [1.54, 1.807) is 30.3 Å². The van der Waals surface area contributed by atoms with Gasteiger partial charge >= 0.3 is 5.97 Å². The lowest BCUT2D eigenvalue weighted by molar-refractivity contribution is -0.311. The van der Waals surface area contributed by atoms with Gasteiger partial charge in [0.2, 0.25) is 0 Å². The summed E-state index contributed by atoms with van der Waals surface area (Å²) >= 11 is 0. The number of hydrogen-bond acceptors (Lipinski definition) is 4. The van der Waals surface area contributed by atoms with E-state index in [9.17, 15) is 15.3 Å². The average molecular weight is 258 g/mol. The lowest BCUT2D eigenvalue weighted by Gasteiger charge is -2.36. The number of para-hydroxylation sites is 2. The van der Waals surface area contributed by atoms with E-state index in [0.717, 1.165) is 5.56 Å². The largest absolute Gasteiger partial charge is 0.508 e. The van der Waals surface area contributed by atoms with E-state index in [1.807, 2.05) is 12.1 Å². The average Bonchev–Trinajstić information content (AvgIpc) is 2.38. The van der Waals surface area contributed by atoms with Crippen LogP contribution in [-0.4, -0.2) is 21.3 Å². The summed E-state index contributed by atoms with van der Waals surface area (Å²) in [4.78, 5) is 0. The quantitative estimate of drug-likeness (QED) is 0.681. The maximum absolute atomic E-state index is 10.1. The number of phenols is 1. The van der Waals surface area contributed by atoms with Crippen molar-refractivity contribution in [3.8, 4) is 11.5 Å². The molecule has 0 saturated heterocycles. The van der Waals surface area contributed by atoms with Crippen molar-refractivity contribution < 1.29 is 20.1 Å². The van der Waals surface area contributed by atoms with Crippen molar-refractivity contribution in [1.29, 1.82) is 0 Å². The Morgan fingerprint density at radius 1 is 1.00 bits per heavy atom. The number of hydrogen-bond donors (Lipinski definition) is 3. The highest BCUT2D eigenvalue weighted by Gasteiger charge is 2.43. The van der Waals surface area contributed by atoms with Crippen molar-refractivity contribution in [3.05, 3.63) is 59.7 Å². The van der Waals surface area contributed by atoms with Crippen LogP contribution in [0, 0.1) is 0 Å². The lowest BCUT2D eigenvalue weighted by atomic mass is 9.87. The maximum atomic E-state index is 10.1. The molecule has 0 saturated carbocycles. The molecule has 1 unspecified atom stereocenters. The molecule has 1 aliphatic rings. The molecule has 3 rings (SSSR count). The molecule has 4 nitrogen and oxygen atoms in total. The predicted molar refractivity (Wildman–Crippen MR) is 68.8 cm³/mol. The van der Waals surface area contributed by atoms with E-state index in [0.29, 0.717) is 17.7 Å². The Bertz CT molecular complexity index is 607. The molecule has 19 heavy (non-hydrogen) atoms. The van der Waals surface area contributed by atoms with Crippen molar-refractivity contribution in [3.63, 3.8) is 0 Å². The normalized spacial score (nSPS) is 20.4. The third-order valence-electron chi connectivity index (χ3n) is 3.42. The first-order chi connectivity index (χ1) is 9.08. The molecule has 98 valence electrons. The van der Waals surface area contributed by atoms with E-state index >= 15 is 0 Å². The van der Waals surface area contributed by atoms with Crippen molar-refractivity contribution >= 4 is 0 Å². The van der Waals surface area contributed by atoms with Gasteiger partial charge in [-0.15, -0.1) is 0 Å². The Balaban J connectivity index is 2.06. The summed E-state index contributed by atoms with van der Waals surface area (Å²) in [5, 5.41) is 30.0. The molecular formula is C15H14O4. The zero-order chi connectivity index (χ0) is 13.5. The zero-order valence-electron chi connectivity index (χ0n) is 10.2. The molecule has 0 bridgehead atoms. The van der Waals surface area contributed by atoms with Crippen molar-refractivity contribution in [1.82, 2.24) is 0 Å². The molecule has 2 aromatic rings. The van der Waals surface area contributed by atoms with Crippen LogP contribution in [-0.2, 0) is 6.42 Å². The summed E-state index contributed by atoms with van der Waals surface area (Å²) in [7, 11) is 0. The molecule has 1 heterocycles. The van der Waals surface area contributed by atoms with Gasteiger partial charge in [-0.2, -0.15) is 0 Å². The van der Waals surface area contributed by atoms with Crippen LogP contribution in [0.25, 0.3) is 0 Å². The fraction of sp³-hybridized carbons (Fsp3) is 0.200. The summed E-state index contributed by atoms with van der Waals surface area (Å²) in [5.41, 5.74) is 1.34. The zero-order valence-corrected chi connectivity index (χ0v) is 10.2. The molecule has 0 amide bonds. The van der Waals surface area contributed by atoms with Crippen LogP contribution in [0.1, 0.15) is 17.0 Å². The molecule has 0 fully saturated rings. The summed E-state index contributed by atoms with van der Waals surface area (Å²) in [5.74, 6) is -2.57. The van der Waals surface area contributed by atoms with Crippen LogP contribution in [0.4, 0.5) is 0 Å².